The van der Waals surface area contributed by atoms with E-state index in [0.29, 0.717) is 25.4 Å². The number of ketones is 1. The van der Waals surface area contributed by atoms with Gasteiger partial charge in [-0.15, -0.1) is 0 Å². The number of carboxylic acid groups (broad SMARTS) is 1. The van der Waals surface area contributed by atoms with Gasteiger partial charge in [0.05, 0.1) is 18.1 Å². The minimum atomic E-state index is -1.29. The second-order valence-electron chi connectivity index (χ2n) is 9.75. The number of aliphatic hydroxyl groups excluding tert-OH is 1. The van der Waals surface area contributed by atoms with Gasteiger partial charge in [0.15, 0.2) is 5.78 Å². The number of allylic oxidation sites excluding steroid dienone is 2. The number of carbonyl (C=O) groups excluding carboxylic acids is 1. The number of hydrogen-bond acceptors (Lipinski definition) is 5. The summed E-state index contributed by atoms with van der Waals surface area (Å²) in [7, 11) is 0. The van der Waals surface area contributed by atoms with E-state index < -0.39 is 23.3 Å². The molecule has 4 rings (SSSR count). The third-order valence-electron chi connectivity index (χ3n) is 8.61. The van der Waals surface area contributed by atoms with Gasteiger partial charge in [-0.3, -0.25) is 4.79 Å². The molecule has 6 nitrogen and oxygen atoms in total. The zero-order valence-electron chi connectivity index (χ0n) is 16.9. The van der Waals surface area contributed by atoms with E-state index in [1.54, 1.807) is 6.08 Å². The van der Waals surface area contributed by atoms with Crippen molar-refractivity contribution in [1.82, 2.24) is 0 Å². The van der Waals surface area contributed by atoms with Crippen LogP contribution in [0.3, 0.4) is 0 Å². The highest BCUT2D eigenvalue weighted by molar-refractivity contribution is 5.92. The zero-order chi connectivity index (χ0) is 20.2. The first-order chi connectivity index (χ1) is 13.2. The summed E-state index contributed by atoms with van der Waals surface area (Å²) in [5.41, 5.74) is 0.0390. The molecule has 0 aromatic rings. The monoisotopic (exact) mass is 392 g/mol. The second-order valence-corrected chi connectivity index (χ2v) is 9.75. The quantitative estimate of drug-likeness (QED) is 0.547. The van der Waals surface area contributed by atoms with Gasteiger partial charge in [0.1, 0.15) is 12.2 Å². The van der Waals surface area contributed by atoms with E-state index in [1.165, 1.54) is 5.57 Å². The van der Waals surface area contributed by atoms with Crippen molar-refractivity contribution in [2.75, 3.05) is 13.2 Å². The lowest BCUT2D eigenvalue weighted by Gasteiger charge is -2.62. The lowest BCUT2D eigenvalue weighted by atomic mass is 9.43. The Labute approximate surface area is 166 Å². The van der Waals surface area contributed by atoms with E-state index in [2.05, 4.69) is 13.8 Å². The fourth-order valence-electron chi connectivity index (χ4n) is 6.72. The molecule has 1 saturated heterocycles. The molecule has 156 valence electrons. The third kappa shape index (κ3) is 2.91. The molecule has 3 fully saturated rings. The van der Waals surface area contributed by atoms with Gasteiger partial charge in [-0.25, -0.2) is 4.79 Å². The van der Waals surface area contributed by atoms with Gasteiger partial charge in [-0.1, -0.05) is 25.8 Å². The highest BCUT2D eigenvalue weighted by atomic mass is 16.7. The van der Waals surface area contributed by atoms with Crippen LogP contribution in [0.15, 0.2) is 11.6 Å². The maximum atomic E-state index is 11.6. The van der Waals surface area contributed by atoms with E-state index >= 15 is 0 Å². The largest absolute Gasteiger partial charge is 0.505 e. The van der Waals surface area contributed by atoms with Crippen LogP contribution < -0.4 is 0 Å². The molecule has 4 aliphatic rings. The molecule has 6 unspecified atom stereocenters. The van der Waals surface area contributed by atoms with Crippen LogP contribution in [0.2, 0.25) is 0 Å². The van der Waals surface area contributed by atoms with Crippen molar-refractivity contribution in [2.45, 2.75) is 76.9 Å². The van der Waals surface area contributed by atoms with Crippen LogP contribution in [-0.2, 0) is 14.3 Å². The Balaban J connectivity index is 1.66. The van der Waals surface area contributed by atoms with Gasteiger partial charge in [-0.05, 0) is 61.9 Å². The lowest BCUT2D eigenvalue weighted by Crippen LogP contribution is -2.66. The average molecular weight is 392 g/mol. The van der Waals surface area contributed by atoms with Gasteiger partial charge in [-0.2, -0.15) is 0 Å². The number of carbonyl (C=O) groups is 2. The molecular formula is C22H32O6. The summed E-state index contributed by atoms with van der Waals surface area (Å²) < 4.78 is 11.1. The molecule has 1 spiro atoms. The van der Waals surface area contributed by atoms with Crippen LogP contribution in [0.4, 0.5) is 4.79 Å². The molecule has 2 N–H and O–H groups in total. The molecule has 0 radical (unpaired) electrons. The molecule has 1 aliphatic heterocycles. The summed E-state index contributed by atoms with van der Waals surface area (Å²) in [4.78, 5) is 22.8. The summed E-state index contributed by atoms with van der Waals surface area (Å²) >= 11 is 0. The molecule has 28 heavy (non-hydrogen) atoms. The highest BCUT2D eigenvalue weighted by Gasteiger charge is 2.73. The van der Waals surface area contributed by atoms with E-state index in [-0.39, 0.29) is 23.7 Å². The number of epoxide rings is 1. The predicted octanol–water partition coefficient (Wildman–Crippen LogP) is 3.71. The molecule has 6 atom stereocenters. The van der Waals surface area contributed by atoms with E-state index in [0.717, 1.165) is 38.5 Å². The van der Waals surface area contributed by atoms with Crippen LogP contribution in [0.25, 0.3) is 0 Å². The van der Waals surface area contributed by atoms with E-state index in [4.69, 9.17) is 9.47 Å². The van der Waals surface area contributed by atoms with E-state index in [1.807, 2.05) is 0 Å². The SMILES string of the molecule is CC1CC(O)C2(COC(=O)O)C(CCCC23CO3)C1(C)CCC1=CC(=O)CC1. The summed E-state index contributed by atoms with van der Waals surface area (Å²) in [5, 5.41) is 20.4. The van der Waals surface area contributed by atoms with E-state index in [9.17, 15) is 19.8 Å². The standard InChI is InChI=1S/C22H32O6/c1-14-10-18(24)22(13-27-19(25)26)17(4-3-8-21(22)12-28-21)20(14,2)9-7-15-5-6-16(23)11-15/h11,14,17-18,24H,3-10,12-13H2,1-2H3,(H,25,26). The average Bonchev–Trinajstić information content (AvgIpc) is 3.29. The van der Waals surface area contributed by atoms with Crippen molar-refractivity contribution >= 4 is 11.9 Å². The number of hydrogen-bond donors (Lipinski definition) is 2. The first-order valence-electron chi connectivity index (χ1n) is 10.6. The number of ether oxygens (including phenoxy) is 2. The topological polar surface area (TPSA) is 96.4 Å². The van der Waals surface area contributed by atoms with Crippen LogP contribution in [-0.4, -0.2) is 47.1 Å². The molecule has 3 aliphatic carbocycles. The lowest BCUT2D eigenvalue weighted by molar-refractivity contribution is -0.213. The van der Waals surface area contributed by atoms with Gasteiger partial charge in [0, 0.05) is 6.42 Å². The smallest absolute Gasteiger partial charge is 0.450 e. The van der Waals surface area contributed by atoms with Crippen LogP contribution in [0.5, 0.6) is 0 Å². The van der Waals surface area contributed by atoms with Crippen molar-refractivity contribution in [3.63, 3.8) is 0 Å². The van der Waals surface area contributed by atoms with Crippen molar-refractivity contribution < 1.29 is 29.3 Å². The number of rotatable bonds is 5. The van der Waals surface area contributed by atoms with Crippen molar-refractivity contribution in [3.05, 3.63) is 11.6 Å². The molecule has 0 bridgehead atoms. The first-order valence-corrected chi connectivity index (χ1v) is 10.6. The van der Waals surface area contributed by atoms with Crippen LogP contribution >= 0.6 is 0 Å². The van der Waals surface area contributed by atoms with Gasteiger partial charge in [0.2, 0.25) is 0 Å². The Morgan fingerprint density at radius 1 is 1.39 bits per heavy atom. The fraction of sp³-hybridized carbons (Fsp3) is 0.818. The Morgan fingerprint density at radius 3 is 2.75 bits per heavy atom. The molecule has 2 saturated carbocycles. The summed E-state index contributed by atoms with van der Waals surface area (Å²) in [6.45, 7) is 5.07. The van der Waals surface area contributed by atoms with Crippen LogP contribution in [0, 0.1) is 22.7 Å². The molecular weight excluding hydrogens is 360 g/mol. The van der Waals surface area contributed by atoms with Crippen molar-refractivity contribution in [1.29, 1.82) is 0 Å². The maximum absolute atomic E-state index is 11.6. The first kappa shape index (κ1) is 19.9. The predicted molar refractivity (Wildman–Crippen MR) is 102 cm³/mol. The van der Waals surface area contributed by atoms with Gasteiger partial charge < -0.3 is 19.7 Å². The summed E-state index contributed by atoms with van der Waals surface area (Å²) in [5.74, 6) is 0.656. The van der Waals surface area contributed by atoms with Crippen LogP contribution in [0.1, 0.15) is 65.2 Å². The second kappa shape index (κ2) is 6.84. The minimum absolute atomic E-state index is 0.00232. The summed E-state index contributed by atoms with van der Waals surface area (Å²) in [6.07, 6.45) is 6.64. The molecule has 0 aromatic heterocycles. The fourth-order valence-corrected chi connectivity index (χ4v) is 6.72. The molecule has 6 heteroatoms. The minimum Gasteiger partial charge on any atom is -0.450 e. The van der Waals surface area contributed by atoms with Gasteiger partial charge >= 0.3 is 6.16 Å². The molecule has 0 aromatic carbocycles. The third-order valence-corrected chi connectivity index (χ3v) is 8.61. The number of aliphatic hydroxyl groups is 1. The maximum Gasteiger partial charge on any atom is 0.505 e. The zero-order valence-corrected chi connectivity index (χ0v) is 16.9. The number of fused-ring (bicyclic) bond motifs is 2. The highest BCUT2D eigenvalue weighted by Crippen LogP contribution is 2.68. The van der Waals surface area contributed by atoms with Crippen molar-refractivity contribution in [2.24, 2.45) is 22.7 Å². The Bertz CT molecular complexity index is 695. The van der Waals surface area contributed by atoms with Crippen molar-refractivity contribution in [3.8, 4) is 0 Å². The molecule has 0 amide bonds. The Hall–Kier alpha value is -1.40. The Kier molecular flexibility index (Phi) is 4.86. The molecule has 1 heterocycles. The summed E-state index contributed by atoms with van der Waals surface area (Å²) in [6, 6.07) is 0. The Morgan fingerprint density at radius 2 is 2.14 bits per heavy atom. The normalized spacial score (nSPS) is 44.9. The van der Waals surface area contributed by atoms with Gasteiger partial charge in [0.25, 0.3) is 0 Å².